The molecule has 15 nitrogen and oxygen atoms in total. The van der Waals surface area contributed by atoms with E-state index in [0.717, 1.165) is 76.8 Å². The SMILES string of the molecule is Cc1ccn2nc(Cn3nc(-c4cc(OCCN5CCOCC5)cc(OCCN5CCOCC5)c4)c4c(N)ncnc43)n(-c3ccccc3)c(=O)c12. The minimum absolute atomic E-state index is 0.128. The van der Waals surface area contributed by atoms with Crippen molar-refractivity contribution in [2.24, 2.45) is 0 Å². The largest absolute Gasteiger partial charge is 0.492 e. The maximum Gasteiger partial charge on any atom is 0.282 e. The van der Waals surface area contributed by atoms with Crippen LogP contribution in [0.15, 0.2) is 71.9 Å². The van der Waals surface area contributed by atoms with E-state index in [4.69, 9.17) is 34.9 Å². The number of fused-ring (bicyclic) bond motifs is 2. The third-order valence-corrected chi connectivity index (χ3v) is 9.53. The van der Waals surface area contributed by atoms with Gasteiger partial charge in [-0.1, -0.05) is 18.2 Å². The zero-order valence-corrected chi connectivity index (χ0v) is 29.2. The van der Waals surface area contributed by atoms with Crippen molar-refractivity contribution >= 4 is 22.4 Å². The highest BCUT2D eigenvalue weighted by atomic mass is 16.5. The van der Waals surface area contributed by atoms with Gasteiger partial charge in [0.1, 0.15) is 54.6 Å². The maximum absolute atomic E-state index is 14.0. The molecule has 0 saturated carbocycles. The van der Waals surface area contributed by atoms with Crippen molar-refractivity contribution in [1.82, 2.24) is 43.7 Å². The summed E-state index contributed by atoms with van der Waals surface area (Å²) in [4.78, 5) is 27.6. The fourth-order valence-corrected chi connectivity index (χ4v) is 6.79. The molecule has 0 unspecified atom stereocenters. The van der Waals surface area contributed by atoms with Crippen LogP contribution in [0.1, 0.15) is 11.4 Å². The zero-order valence-electron chi connectivity index (χ0n) is 29.2. The Hall–Kier alpha value is -5.35. The van der Waals surface area contributed by atoms with Crippen molar-refractivity contribution in [2.45, 2.75) is 13.5 Å². The van der Waals surface area contributed by atoms with Crippen LogP contribution in [-0.2, 0) is 16.0 Å². The van der Waals surface area contributed by atoms with Crippen LogP contribution in [0.2, 0.25) is 0 Å². The lowest BCUT2D eigenvalue weighted by Crippen LogP contribution is -2.38. The van der Waals surface area contributed by atoms with Crippen molar-refractivity contribution in [2.75, 3.05) is 84.6 Å². The molecule has 2 fully saturated rings. The number of nitrogens with zero attached hydrogens (tertiary/aromatic N) is 9. The van der Waals surface area contributed by atoms with Crippen LogP contribution in [-0.4, -0.2) is 123 Å². The van der Waals surface area contributed by atoms with Crippen LogP contribution in [0.3, 0.4) is 0 Å². The Balaban J connectivity index is 1.16. The van der Waals surface area contributed by atoms with E-state index in [9.17, 15) is 4.79 Å². The van der Waals surface area contributed by atoms with Crippen LogP contribution in [0.4, 0.5) is 5.82 Å². The molecule has 2 aliphatic rings. The molecule has 6 aromatic rings. The molecule has 2 aromatic carbocycles. The van der Waals surface area contributed by atoms with Gasteiger partial charge in [-0.25, -0.2) is 19.2 Å². The first kappa shape index (κ1) is 33.8. The molecule has 0 atom stereocenters. The second-order valence-electron chi connectivity index (χ2n) is 12.9. The maximum atomic E-state index is 14.0. The number of para-hydroxylation sites is 1. The topological polar surface area (TPSA) is 152 Å². The van der Waals surface area contributed by atoms with Gasteiger partial charge in [-0.2, -0.15) is 10.2 Å². The van der Waals surface area contributed by atoms with Gasteiger partial charge in [-0.05, 0) is 42.8 Å². The monoisotopic (exact) mass is 706 g/mol. The fraction of sp³-hybridized carbons (Fsp3) is 0.378. The Bertz CT molecular complexity index is 2180. The van der Waals surface area contributed by atoms with Gasteiger partial charge in [0.05, 0.1) is 37.5 Å². The first-order chi connectivity index (χ1) is 25.5. The minimum Gasteiger partial charge on any atom is -0.492 e. The molecule has 2 N–H and O–H groups in total. The lowest BCUT2D eigenvalue weighted by atomic mass is 10.1. The van der Waals surface area contributed by atoms with Gasteiger partial charge in [0.15, 0.2) is 11.5 Å². The molecule has 0 radical (unpaired) electrons. The number of aromatic nitrogens is 7. The molecule has 0 bridgehead atoms. The van der Waals surface area contributed by atoms with E-state index in [1.807, 2.05) is 61.5 Å². The lowest BCUT2D eigenvalue weighted by Gasteiger charge is -2.26. The van der Waals surface area contributed by atoms with Crippen LogP contribution in [0.5, 0.6) is 11.5 Å². The first-order valence-electron chi connectivity index (χ1n) is 17.7. The summed E-state index contributed by atoms with van der Waals surface area (Å²) >= 11 is 0. The average Bonchev–Trinajstić information content (AvgIpc) is 3.73. The molecule has 2 saturated heterocycles. The number of nitrogens with two attached hydrogens (primary N) is 1. The van der Waals surface area contributed by atoms with Gasteiger partial charge in [-0.15, -0.1) is 0 Å². The number of rotatable bonds is 12. The van der Waals surface area contributed by atoms with Gasteiger partial charge < -0.3 is 24.7 Å². The predicted octanol–water partition coefficient (Wildman–Crippen LogP) is 2.65. The van der Waals surface area contributed by atoms with E-state index in [1.165, 1.54) is 6.33 Å². The minimum atomic E-state index is -0.176. The predicted molar refractivity (Wildman–Crippen MR) is 195 cm³/mol. The summed E-state index contributed by atoms with van der Waals surface area (Å²) in [6.07, 6.45) is 3.21. The van der Waals surface area contributed by atoms with Crippen LogP contribution >= 0.6 is 0 Å². The second-order valence-corrected chi connectivity index (χ2v) is 12.9. The summed E-state index contributed by atoms with van der Waals surface area (Å²) in [6, 6.07) is 17.2. The quantitative estimate of drug-likeness (QED) is 0.199. The lowest BCUT2D eigenvalue weighted by molar-refractivity contribution is 0.0319. The summed E-state index contributed by atoms with van der Waals surface area (Å²) in [5.41, 5.74) is 10.2. The third-order valence-electron chi connectivity index (χ3n) is 9.53. The van der Waals surface area contributed by atoms with Gasteiger partial charge in [0, 0.05) is 57.1 Å². The third kappa shape index (κ3) is 7.08. The molecule has 0 amide bonds. The number of aryl methyl sites for hydroxylation is 1. The second kappa shape index (κ2) is 15.1. The average molecular weight is 707 g/mol. The van der Waals surface area contributed by atoms with E-state index in [0.29, 0.717) is 58.5 Å². The number of ether oxygens (including phenoxy) is 4. The molecule has 4 aromatic heterocycles. The smallest absolute Gasteiger partial charge is 0.282 e. The van der Waals surface area contributed by atoms with Gasteiger partial charge in [0.25, 0.3) is 5.56 Å². The highest BCUT2D eigenvalue weighted by molar-refractivity contribution is 5.98. The molecule has 2 aliphatic heterocycles. The van der Waals surface area contributed by atoms with Crippen molar-refractivity contribution < 1.29 is 18.9 Å². The summed E-state index contributed by atoms with van der Waals surface area (Å²) in [6.45, 7) is 11.0. The number of anilines is 1. The van der Waals surface area contributed by atoms with Gasteiger partial charge >= 0.3 is 0 Å². The molecule has 15 heteroatoms. The van der Waals surface area contributed by atoms with Crippen LogP contribution in [0.25, 0.3) is 33.5 Å². The van der Waals surface area contributed by atoms with Crippen molar-refractivity contribution in [1.29, 1.82) is 0 Å². The Morgan fingerprint density at radius 3 is 2.13 bits per heavy atom. The van der Waals surface area contributed by atoms with Crippen molar-refractivity contribution in [3.8, 4) is 28.4 Å². The molecule has 0 aliphatic carbocycles. The number of nitrogen functional groups attached to an aromatic ring is 1. The molecular weight excluding hydrogens is 664 g/mol. The Kier molecular flexibility index (Phi) is 9.80. The van der Waals surface area contributed by atoms with Crippen molar-refractivity contribution in [3.63, 3.8) is 0 Å². The summed E-state index contributed by atoms with van der Waals surface area (Å²) < 4.78 is 28.7. The molecule has 8 rings (SSSR count). The molecule has 52 heavy (non-hydrogen) atoms. The number of morpholine rings is 2. The highest BCUT2D eigenvalue weighted by Gasteiger charge is 2.22. The zero-order chi connectivity index (χ0) is 35.4. The standard InChI is InChI=1S/C37H42N10O5/c1-26-7-8-45-34(26)37(48)47(28-5-3-2-4-6-28)31(41-45)24-46-36-32(35(38)39-25-40-36)33(42-46)27-21-29(51-19-13-43-9-15-49-16-10-43)23-30(22-27)52-20-14-44-11-17-50-18-12-44/h2-8,21-23,25H,9-20,24H2,1H3,(H2,38,39,40). The van der Waals surface area contributed by atoms with E-state index in [1.54, 1.807) is 20.0 Å². The van der Waals surface area contributed by atoms with E-state index in [-0.39, 0.29) is 17.9 Å². The van der Waals surface area contributed by atoms with E-state index < -0.39 is 0 Å². The molecule has 0 spiro atoms. The summed E-state index contributed by atoms with van der Waals surface area (Å²) in [5, 5.41) is 10.5. The Morgan fingerprint density at radius 1 is 0.827 bits per heavy atom. The van der Waals surface area contributed by atoms with E-state index in [2.05, 4.69) is 19.8 Å². The van der Waals surface area contributed by atoms with Gasteiger partial charge in [-0.3, -0.25) is 19.2 Å². The van der Waals surface area contributed by atoms with E-state index >= 15 is 0 Å². The van der Waals surface area contributed by atoms with Crippen LogP contribution in [0, 0.1) is 6.92 Å². The molecular formula is C37H42N10O5. The normalized spacial score (nSPS) is 15.8. The van der Waals surface area contributed by atoms with Crippen molar-refractivity contribution in [3.05, 3.63) is 88.9 Å². The summed E-state index contributed by atoms with van der Waals surface area (Å²) in [7, 11) is 0. The number of hydrogen-bond acceptors (Lipinski definition) is 12. The van der Waals surface area contributed by atoms with Gasteiger partial charge in [0.2, 0.25) is 0 Å². The summed E-state index contributed by atoms with van der Waals surface area (Å²) in [5.74, 6) is 2.06. The number of hydrogen-bond donors (Lipinski definition) is 1. The number of benzene rings is 2. The molecule has 6 heterocycles. The first-order valence-corrected chi connectivity index (χ1v) is 17.7. The fourth-order valence-electron chi connectivity index (χ4n) is 6.79. The van der Waals surface area contributed by atoms with Crippen LogP contribution < -0.4 is 20.8 Å². The Morgan fingerprint density at radius 2 is 1.48 bits per heavy atom. The molecule has 270 valence electrons. The Labute approximate surface area is 300 Å². The highest BCUT2D eigenvalue weighted by Crippen LogP contribution is 2.35.